The summed E-state index contributed by atoms with van der Waals surface area (Å²) in [6.45, 7) is 3.13. The topological polar surface area (TPSA) is 64.8 Å². The van der Waals surface area contributed by atoms with Crippen molar-refractivity contribution >= 4 is 11.0 Å². The number of unbranched alkanes of at least 4 members (excludes halogenated alkanes) is 2. The number of fused-ring (bicyclic) bond motifs is 1. The quantitative estimate of drug-likeness (QED) is 0.863. The van der Waals surface area contributed by atoms with Crippen LogP contribution >= 0.6 is 0 Å². The summed E-state index contributed by atoms with van der Waals surface area (Å²) in [5, 5.41) is 8.56. The van der Waals surface area contributed by atoms with E-state index < -0.39 is 0 Å². The van der Waals surface area contributed by atoms with Gasteiger partial charge in [-0.2, -0.15) is 5.26 Å². The minimum Gasteiger partial charge on any atom is -0.306 e. The first-order valence-corrected chi connectivity index (χ1v) is 8.08. The predicted octanol–water partition coefficient (Wildman–Crippen LogP) is 2.66. The molecule has 0 aliphatic carbocycles. The first-order chi connectivity index (χ1) is 10.8. The Bertz CT molecular complexity index is 716. The van der Waals surface area contributed by atoms with E-state index in [0.717, 1.165) is 56.4 Å². The summed E-state index contributed by atoms with van der Waals surface area (Å²) in [4.78, 5) is 17.6. The lowest BCUT2D eigenvalue weighted by Crippen LogP contribution is -2.37. The summed E-state index contributed by atoms with van der Waals surface area (Å²) >= 11 is 0. The van der Waals surface area contributed by atoms with Gasteiger partial charge in [0.15, 0.2) is 0 Å². The molecule has 2 heterocycles. The number of likely N-dealkylation sites (tertiary alicyclic amines) is 1. The van der Waals surface area contributed by atoms with E-state index in [1.54, 1.807) is 0 Å². The van der Waals surface area contributed by atoms with Gasteiger partial charge in [0.25, 0.3) is 0 Å². The lowest BCUT2D eigenvalue weighted by Gasteiger charge is -2.32. The van der Waals surface area contributed by atoms with Crippen molar-refractivity contribution in [1.29, 1.82) is 5.26 Å². The van der Waals surface area contributed by atoms with Gasteiger partial charge in [0, 0.05) is 25.6 Å². The van der Waals surface area contributed by atoms with E-state index in [-0.39, 0.29) is 5.69 Å². The summed E-state index contributed by atoms with van der Waals surface area (Å²) in [5.41, 5.74) is 1.94. The van der Waals surface area contributed by atoms with Crippen LogP contribution in [0, 0.1) is 11.3 Å². The van der Waals surface area contributed by atoms with Crippen molar-refractivity contribution in [1.82, 2.24) is 14.5 Å². The van der Waals surface area contributed by atoms with E-state index in [9.17, 15) is 4.79 Å². The smallest absolute Gasteiger partial charge is 0.306 e. The van der Waals surface area contributed by atoms with Crippen LogP contribution in [0.2, 0.25) is 0 Å². The van der Waals surface area contributed by atoms with E-state index in [1.807, 2.05) is 28.8 Å². The van der Waals surface area contributed by atoms with Crippen LogP contribution in [0.5, 0.6) is 0 Å². The molecule has 0 bridgehead atoms. The van der Waals surface area contributed by atoms with E-state index in [2.05, 4.69) is 16.0 Å². The molecular formula is C17H22N4O. The fraction of sp³-hybridized carbons (Fsp3) is 0.529. The third kappa shape index (κ3) is 3.07. The fourth-order valence-electron chi connectivity index (χ4n) is 3.38. The molecule has 22 heavy (non-hydrogen) atoms. The van der Waals surface area contributed by atoms with Crippen molar-refractivity contribution in [3.63, 3.8) is 0 Å². The Labute approximate surface area is 130 Å². The van der Waals surface area contributed by atoms with E-state index in [0.29, 0.717) is 12.5 Å². The molecule has 116 valence electrons. The zero-order valence-electron chi connectivity index (χ0n) is 12.8. The largest absolute Gasteiger partial charge is 0.326 e. The SMILES string of the molecule is N#CCCCCN1CCC(n2c(=O)[nH]c3ccccc32)CC1. The minimum absolute atomic E-state index is 0.00803. The Balaban J connectivity index is 1.62. The summed E-state index contributed by atoms with van der Waals surface area (Å²) in [6.07, 6.45) is 4.75. The highest BCUT2D eigenvalue weighted by Gasteiger charge is 2.23. The average Bonchev–Trinajstić information content (AvgIpc) is 2.88. The molecule has 1 aliphatic rings. The molecule has 3 rings (SSSR count). The Morgan fingerprint density at radius 1 is 1.23 bits per heavy atom. The third-order valence-corrected chi connectivity index (χ3v) is 4.56. The summed E-state index contributed by atoms with van der Waals surface area (Å²) in [5.74, 6) is 0. The lowest BCUT2D eigenvalue weighted by atomic mass is 10.0. The number of nitrogens with one attached hydrogen (secondary N) is 1. The van der Waals surface area contributed by atoms with Crippen molar-refractivity contribution in [3.8, 4) is 6.07 Å². The van der Waals surface area contributed by atoms with Crippen LogP contribution in [-0.2, 0) is 0 Å². The number of hydrogen-bond acceptors (Lipinski definition) is 3. The predicted molar refractivity (Wildman–Crippen MR) is 86.7 cm³/mol. The normalized spacial score (nSPS) is 16.9. The number of H-pyrrole nitrogens is 1. The second kappa shape index (κ2) is 6.80. The van der Waals surface area contributed by atoms with Gasteiger partial charge >= 0.3 is 5.69 Å². The number of imidazole rings is 1. The number of aromatic nitrogens is 2. The lowest BCUT2D eigenvalue weighted by molar-refractivity contribution is 0.184. The van der Waals surface area contributed by atoms with Crippen LogP contribution in [0.1, 0.15) is 38.1 Å². The number of hydrogen-bond donors (Lipinski definition) is 1. The molecule has 0 atom stereocenters. The second-order valence-corrected chi connectivity index (χ2v) is 6.01. The van der Waals surface area contributed by atoms with Gasteiger partial charge in [0.1, 0.15) is 0 Å². The summed E-state index contributed by atoms with van der Waals surface area (Å²) in [6, 6.07) is 10.4. The molecule has 1 aromatic carbocycles. The van der Waals surface area contributed by atoms with Crippen LogP contribution in [0.4, 0.5) is 0 Å². The number of aromatic amines is 1. The molecule has 0 radical (unpaired) electrons. The molecule has 0 spiro atoms. The van der Waals surface area contributed by atoms with Crippen molar-refractivity contribution < 1.29 is 0 Å². The first kappa shape index (κ1) is 14.9. The maximum Gasteiger partial charge on any atom is 0.326 e. The van der Waals surface area contributed by atoms with Crippen LogP contribution < -0.4 is 5.69 Å². The van der Waals surface area contributed by atoms with Gasteiger partial charge in [-0.25, -0.2) is 4.79 Å². The Morgan fingerprint density at radius 3 is 2.77 bits per heavy atom. The molecule has 0 unspecified atom stereocenters. The number of rotatable bonds is 5. The minimum atomic E-state index is 0.00803. The van der Waals surface area contributed by atoms with Crippen molar-refractivity contribution in [3.05, 3.63) is 34.7 Å². The molecule has 2 aromatic rings. The molecular weight excluding hydrogens is 276 g/mol. The maximum atomic E-state index is 12.2. The Kier molecular flexibility index (Phi) is 4.59. The molecule has 1 aliphatic heterocycles. The summed E-state index contributed by atoms with van der Waals surface area (Å²) < 4.78 is 1.93. The number of nitriles is 1. The van der Waals surface area contributed by atoms with Crippen LogP contribution in [0.3, 0.4) is 0 Å². The Morgan fingerprint density at radius 2 is 2.00 bits per heavy atom. The molecule has 1 N–H and O–H groups in total. The first-order valence-electron chi connectivity index (χ1n) is 8.08. The number of nitrogens with zero attached hydrogens (tertiary/aromatic N) is 3. The second-order valence-electron chi connectivity index (χ2n) is 6.01. The van der Waals surface area contributed by atoms with Gasteiger partial charge in [0.05, 0.1) is 17.1 Å². The van der Waals surface area contributed by atoms with Crippen LogP contribution in [-0.4, -0.2) is 34.1 Å². The number of para-hydroxylation sites is 2. The molecule has 1 aromatic heterocycles. The molecule has 0 amide bonds. The monoisotopic (exact) mass is 298 g/mol. The molecule has 5 nitrogen and oxygen atoms in total. The average molecular weight is 298 g/mol. The highest BCUT2D eigenvalue weighted by Crippen LogP contribution is 2.24. The Hall–Kier alpha value is -2.06. The van der Waals surface area contributed by atoms with Gasteiger partial charge < -0.3 is 9.88 Å². The highest BCUT2D eigenvalue weighted by atomic mass is 16.1. The van der Waals surface area contributed by atoms with Gasteiger partial charge in [-0.05, 0) is 44.4 Å². The highest BCUT2D eigenvalue weighted by molar-refractivity contribution is 5.75. The van der Waals surface area contributed by atoms with Crippen LogP contribution in [0.25, 0.3) is 11.0 Å². The third-order valence-electron chi connectivity index (χ3n) is 4.56. The zero-order valence-corrected chi connectivity index (χ0v) is 12.8. The van der Waals surface area contributed by atoms with Gasteiger partial charge in [0.2, 0.25) is 0 Å². The van der Waals surface area contributed by atoms with E-state index in [4.69, 9.17) is 5.26 Å². The van der Waals surface area contributed by atoms with Crippen molar-refractivity contribution in [2.24, 2.45) is 0 Å². The van der Waals surface area contributed by atoms with Crippen LogP contribution in [0.15, 0.2) is 29.1 Å². The molecule has 1 saturated heterocycles. The van der Waals surface area contributed by atoms with E-state index in [1.165, 1.54) is 0 Å². The van der Waals surface area contributed by atoms with E-state index >= 15 is 0 Å². The van der Waals surface area contributed by atoms with Crippen molar-refractivity contribution in [2.45, 2.75) is 38.1 Å². The maximum absolute atomic E-state index is 12.2. The van der Waals surface area contributed by atoms with Gasteiger partial charge in [-0.1, -0.05) is 12.1 Å². The summed E-state index contributed by atoms with van der Waals surface area (Å²) in [7, 11) is 0. The zero-order chi connectivity index (χ0) is 15.4. The van der Waals surface area contributed by atoms with Gasteiger partial charge in [-0.15, -0.1) is 0 Å². The number of piperidine rings is 1. The molecule has 5 heteroatoms. The van der Waals surface area contributed by atoms with Gasteiger partial charge in [-0.3, -0.25) is 4.57 Å². The standard InChI is InChI=1S/C17H22N4O/c18-10-4-1-5-11-20-12-8-14(9-13-20)21-16-7-3-2-6-15(16)19-17(21)22/h2-3,6-7,14H,1,4-5,8-9,11-13H2,(H,19,22). The van der Waals surface area contributed by atoms with Crippen molar-refractivity contribution in [2.75, 3.05) is 19.6 Å². The fourth-order valence-corrected chi connectivity index (χ4v) is 3.38. The molecule has 0 saturated carbocycles. The molecule has 1 fully saturated rings. The number of benzene rings is 1.